The number of nitrogens with two attached hydrogens (primary N) is 1. The second-order valence-corrected chi connectivity index (χ2v) is 5.32. The lowest BCUT2D eigenvalue weighted by Crippen LogP contribution is -2.38. The lowest BCUT2D eigenvalue weighted by Gasteiger charge is -2.16. The number of hydrogen-bond donors (Lipinski definition) is 2. The Hall–Kier alpha value is -1.42. The fourth-order valence-electron chi connectivity index (χ4n) is 1.37. The van der Waals surface area contributed by atoms with Gasteiger partial charge in [-0.05, 0) is 37.1 Å². The van der Waals surface area contributed by atoms with Gasteiger partial charge in [-0.2, -0.15) is 0 Å². The van der Waals surface area contributed by atoms with Gasteiger partial charge in [0.15, 0.2) is 5.96 Å². The molecule has 1 rings (SSSR count). The first-order chi connectivity index (χ1) is 8.97. The number of guanidine groups is 1. The molecule has 1 atom stereocenters. The van der Waals surface area contributed by atoms with Gasteiger partial charge >= 0.3 is 0 Å². The molecule has 0 radical (unpaired) electrons. The highest BCUT2D eigenvalue weighted by Gasteiger charge is 2.04. The zero-order valence-corrected chi connectivity index (χ0v) is 12.4. The van der Waals surface area contributed by atoms with Gasteiger partial charge in [-0.3, -0.25) is 4.99 Å². The highest BCUT2D eigenvalue weighted by molar-refractivity contribution is 6.30. The largest absolute Gasteiger partial charge is 0.489 e. The number of hydrogen-bond acceptors (Lipinski definition) is 2. The van der Waals surface area contributed by atoms with Crippen LogP contribution in [0.3, 0.4) is 0 Å². The molecule has 1 unspecified atom stereocenters. The molecule has 0 fully saturated rings. The van der Waals surface area contributed by atoms with E-state index in [4.69, 9.17) is 22.1 Å². The molecule has 0 saturated carbocycles. The Morgan fingerprint density at radius 3 is 2.53 bits per heavy atom. The van der Waals surface area contributed by atoms with Crippen LogP contribution >= 0.6 is 11.6 Å². The monoisotopic (exact) mass is 283 g/mol. The molecule has 0 heterocycles. The van der Waals surface area contributed by atoms with E-state index >= 15 is 0 Å². The highest BCUT2D eigenvalue weighted by Crippen LogP contribution is 2.16. The minimum absolute atomic E-state index is 0.00558. The molecule has 106 valence electrons. The quantitative estimate of drug-likeness (QED) is 0.623. The average molecular weight is 284 g/mol. The smallest absolute Gasteiger partial charge is 0.188 e. The Bertz CT molecular complexity index is 404. The summed E-state index contributed by atoms with van der Waals surface area (Å²) in [6, 6.07) is 7.29. The van der Waals surface area contributed by atoms with Gasteiger partial charge in [-0.25, -0.2) is 0 Å². The SMILES string of the molecule is CC(C)CN=C(N)NCC(C)Oc1ccc(Cl)cc1. The molecule has 0 bridgehead atoms. The van der Waals surface area contributed by atoms with E-state index in [0.29, 0.717) is 23.4 Å². The van der Waals surface area contributed by atoms with E-state index in [1.54, 1.807) is 12.1 Å². The van der Waals surface area contributed by atoms with E-state index in [1.165, 1.54) is 0 Å². The summed E-state index contributed by atoms with van der Waals surface area (Å²) in [5, 5.41) is 3.74. The van der Waals surface area contributed by atoms with Crippen molar-refractivity contribution in [2.24, 2.45) is 16.6 Å². The number of nitrogens with zero attached hydrogens (tertiary/aromatic N) is 1. The average Bonchev–Trinajstić information content (AvgIpc) is 2.36. The number of benzene rings is 1. The van der Waals surface area contributed by atoms with E-state index in [0.717, 1.165) is 12.3 Å². The predicted octanol–water partition coefficient (Wildman–Crippen LogP) is 2.67. The number of aliphatic imine (C=N–C) groups is 1. The molecule has 0 aromatic heterocycles. The molecule has 0 spiro atoms. The van der Waals surface area contributed by atoms with Gasteiger partial charge in [0.25, 0.3) is 0 Å². The van der Waals surface area contributed by atoms with Crippen molar-refractivity contribution in [3.8, 4) is 5.75 Å². The molecule has 0 aliphatic carbocycles. The van der Waals surface area contributed by atoms with Crippen LogP contribution in [0.1, 0.15) is 20.8 Å². The first kappa shape index (κ1) is 15.6. The molecular weight excluding hydrogens is 262 g/mol. The van der Waals surface area contributed by atoms with Gasteiger partial charge in [0.05, 0.1) is 6.54 Å². The van der Waals surface area contributed by atoms with E-state index < -0.39 is 0 Å². The molecule has 19 heavy (non-hydrogen) atoms. The van der Waals surface area contributed by atoms with Crippen LogP contribution in [0.15, 0.2) is 29.3 Å². The van der Waals surface area contributed by atoms with Gasteiger partial charge in [0.2, 0.25) is 0 Å². The van der Waals surface area contributed by atoms with Gasteiger partial charge < -0.3 is 15.8 Å². The Morgan fingerprint density at radius 1 is 1.32 bits per heavy atom. The van der Waals surface area contributed by atoms with Crippen LogP contribution in [0, 0.1) is 5.92 Å². The summed E-state index contributed by atoms with van der Waals surface area (Å²) in [7, 11) is 0. The number of nitrogens with one attached hydrogen (secondary N) is 1. The third kappa shape index (κ3) is 6.91. The molecule has 1 aromatic carbocycles. The van der Waals surface area contributed by atoms with Crippen molar-refractivity contribution in [1.29, 1.82) is 0 Å². The number of halogens is 1. The normalized spacial score (nSPS) is 13.4. The molecule has 0 saturated heterocycles. The second kappa shape index (κ2) is 7.89. The third-order valence-electron chi connectivity index (χ3n) is 2.35. The number of rotatable bonds is 6. The zero-order valence-electron chi connectivity index (χ0n) is 11.7. The Balaban J connectivity index is 2.33. The van der Waals surface area contributed by atoms with Crippen molar-refractivity contribution >= 4 is 17.6 Å². The summed E-state index contributed by atoms with van der Waals surface area (Å²) in [5.74, 6) is 1.75. The zero-order chi connectivity index (χ0) is 14.3. The van der Waals surface area contributed by atoms with Gasteiger partial charge in [0, 0.05) is 11.6 Å². The fourth-order valence-corrected chi connectivity index (χ4v) is 1.50. The van der Waals surface area contributed by atoms with E-state index in [2.05, 4.69) is 24.2 Å². The Kier molecular flexibility index (Phi) is 6.50. The van der Waals surface area contributed by atoms with Crippen LogP contribution in [-0.4, -0.2) is 25.2 Å². The van der Waals surface area contributed by atoms with Gasteiger partial charge in [-0.15, -0.1) is 0 Å². The maximum absolute atomic E-state index is 5.81. The molecule has 4 nitrogen and oxygen atoms in total. The lowest BCUT2D eigenvalue weighted by molar-refractivity contribution is 0.224. The molecule has 0 aliphatic heterocycles. The predicted molar refractivity (Wildman–Crippen MR) is 80.9 cm³/mol. The molecular formula is C14H22ClN3O. The van der Waals surface area contributed by atoms with Crippen LogP contribution in [-0.2, 0) is 0 Å². The Labute approximate surface area is 120 Å². The highest BCUT2D eigenvalue weighted by atomic mass is 35.5. The summed E-state index contributed by atoms with van der Waals surface area (Å²) in [6.07, 6.45) is -0.00558. The van der Waals surface area contributed by atoms with E-state index in [9.17, 15) is 0 Å². The van der Waals surface area contributed by atoms with Crippen molar-refractivity contribution in [3.63, 3.8) is 0 Å². The summed E-state index contributed by atoms with van der Waals surface area (Å²) in [4.78, 5) is 4.22. The van der Waals surface area contributed by atoms with Crippen LogP contribution in [0.25, 0.3) is 0 Å². The molecule has 1 aromatic rings. The molecule has 5 heteroatoms. The van der Waals surface area contributed by atoms with Crippen LogP contribution in [0.2, 0.25) is 5.02 Å². The number of ether oxygens (including phenoxy) is 1. The van der Waals surface area contributed by atoms with Crippen LogP contribution < -0.4 is 15.8 Å². The van der Waals surface area contributed by atoms with Gasteiger partial charge in [-0.1, -0.05) is 25.4 Å². The minimum Gasteiger partial charge on any atom is -0.489 e. The molecule has 3 N–H and O–H groups in total. The van der Waals surface area contributed by atoms with Crippen molar-refractivity contribution in [3.05, 3.63) is 29.3 Å². The summed E-state index contributed by atoms with van der Waals surface area (Å²) >= 11 is 5.81. The van der Waals surface area contributed by atoms with Crippen molar-refractivity contribution in [2.45, 2.75) is 26.9 Å². The van der Waals surface area contributed by atoms with E-state index in [-0.39, 0.29) is 6.10 Å². The molecule has 0 aliphatic rings. The summed E-state index contributed by atoms with van der Waals surface area (Å²) in [5.41, 5.74) is 5.75. The lowest BCUT2D eigenvalue weighted by atomic mass is 10.2. The van der Waals surface area contributed by atoms with Crippen molar-refractivity contribution < 1.29 is 4.74 Å². The van der Waals surface area contributed by atoms with Gasteiger partial charge in [0.1, 0.15) is 11.9 Å². The van der Waals surface area contributed by atoms with E-state index in [1.807, 2.05) is 19.1 Å². The standard InChI is InChI=1S/C14H22ClN3O/c1-10(2)8-17-14(16)18-9-11(3)19-13-6-4-12(15)5-7-13/h4-7,10-11H,8-9H2,1-3H3,(H3,16,17,18). The topological polar surface area (TPSA) is 59.6 Å². The van der Waals surface area contributed by atoms with Crippen molar-refractivity contribution in [1.82, 2.24) is 5.32 Å². The minimum atomic E-state index is -0.00558. The summed E-state index contributed by atoms with van der Waals surface area (Å²) in [6.45, 7) is 7.50. The van der Waals surface area contributed by atoms with Crippen LogP contribution in [0.5, 0.6) is 5.75 Å². The third-order valence-corrected chi connectivity index (χ3v) is 2.60. The molecule has 0 amide bonds. The Morgan fingerprint density at radius 2 is 1.95 bits per heavy atom. The first-order valence-corrected chi connectivity index (χ1v) is 6.81. The fraction of sp³-hybridized carbons (Fsp3) is 0.500. The van der Waals surface area contributed by atoms with Crippen LogP contribution in [0.4, 0.5) is 0 Å². The maximum atomic E-state index is 5.81. The second-order valence-electron chi connectivity index (χ2n) is 4.88. The first-order valence-electron chi connectivity index (χ1n) is 6.43. The van der Waals surface area contributed by atoms with Crippen molar-refractivity contribution in [2.75, 3.05) is 13.1 Å². The summed E-state index contributed by atoms with van der Waals surface area (Å²) < 4.78 is 5.71. The maximum Gasteiger partial charge on any atom is 0.188 e.